The maximum Gasteiger partial charge on any atom is 0.186 e. The molecule has 0 spiro atoms. The SMILES string of the molecule is CCC(=O)CCCCC(=O)CCCO[C@@H]1O[C@@H](C)[C@@H](O)[C@@H](O)[C@@H]1O. The van der Waals surface area contributed by atoms with Gasteiger partial charge in [0.15, 0.2) is 6.29 Å². The van der Waals surface area contributed by atoms with Crippen LogP contribution in [0, 0.1) is 0 Å². The Hall–Kier alpha value is -0.860. The monoisotopic (exact) mass is 346 g/mol. The molecule has 1 fully saturated rings. The summed E-state index contributed by atoms with van der Waals surface area (Å²) in [5, 5.41) is 29.0. The van der Waals surface area contributed by atoms with Crippen molar-refractivity contribution in [1.29, 1.82) is 0 Å². The van der Waals surface area contributed by atoms with Crippen molar-refractivity contribution < 1.29 is 34.4 Å². The number of unbranched alkanes of at least 4 members (excludes halogenated alkanes) is 1. The van der Waals surface area contributed by atoms with E-state index in [4.69, 9.17) is 9.47 Å². The minimum atomic E-state index is -1.32. The molecule has 1 aliphatic heterocycles. The third kappa shape index (κ3) is 6.94. The van der Waals surface area contributed by atoms with Crippen LogP contribution in [0.1, 0.15) is 58.8 Å². The molecule has 0 aromatic carbocycles. The highest BCUT2D eigenvalue weighted by Gasteiger charge is 2.42. The molecule has 0 aromatic heterocycles. The number of rotatable bonds is 11. The topological polar surface area (TPSA) is 113 Å². The Labute approximate surface area is 143 Å². The van der Waals surface area contributed by atoms with E-state index in [0.29, 0.717) is 32.1 Å². The molecule has 0 saturated carbocycles. The molecule has 5 atom stereocenters. The van der Waals surface area contributed by atoms with Crippen LogP contribution < -0.4 is 0 Å². The van der Waals surface area contributed by atoms with E-state index in [1.54, 1.807) is 6.92 Å². The van der Waals surface area contributed by atoms with Gasteiger partial charge < -0.3 is 24.8 Å². The minimum Gasteiger partial charge on any atom is -0.388 e. The highest BCUT2D eigenvalue weighted by Crippen LogP contribution is 2.21. The lowest BCUT2D eigenvalue weighted by Crippen LogP contribution is -2.57. The molecule has 0 bridgehead atoms. The third-order valence-corrected chi connectivity index (χ3v) is 4.25. The summed E-state index contributed by atoms with van der Waals surface area (Å²) in [6, 6.07) is 0. The first kappa shape index (κ1) is 21.2. The van der Waals surface area contributed by atoms with Gasteiger partial charge in [-0.2, -0.15) is 0 Å². The molecule has 1 heterocycles. The standard InChI is InChI=1S/C17H30O7/c1-3-12(18)7-4-5-8-13(19)9-6-10-23-17-16(22)15(21)14(20)11(2)24-17/h11,14-17,20-22H,3-10H2,1-2H3/t11-,14+,15+,16-,17+/m0/s1. The zero-order valence-corrected chi connectivity index (χ0v) is 14.5. The van der Waals surface area contributed by atoms with Gasteiger partial charge in [0.05, 0.1) is 12.7 Å². The molecule has 0 aliphatic carbocycles. The largest absolute Gasteiger partial charge is 0.388 e. The first-order valence-electron chi connectivity index (χ1n) is 8.71. The first-order valence-corrected chi connectivity index (χ1v) is 8.71. The summed E-state index contributed by atoms with van der Waals surface area (Å²) in [4.78, 5) is 22.9. The number of ketones is 2. The first-order chi connectivity index (χ1) is 11.4. The van der Waals surface area contributed by atoms with E-state index in [1.165, 1.54) is 0 Å². The molecule has 0 radical (unpaired) electrons. The van der Waals surface area contributed by atoms with Gasteiger partial charge in [0.2, 0.25) is 0 Å². The minimum absolute atomic E-state index is 0.122. The van der Waals surface area contributed by atoms with Crippen LogP contribution in [-0.4, -0.2) is 64.2 Å². The fourth-order valence-electron chi connectivity index (χ4n) is 2.57. The number of ether oxygens (including phenoxy) is 2. The van der Waals surface area contributed by atoms with Crippen LogP contribution >= 0.6 is 0 Å². The van der Waals surface area contributed by atoms with Gasteiger partial charge in [-0.15, -0.1) is 0 Å². The van der Waals surface area contributed by atoms with E-state index in [-0.39, 0.29) is 18.2 Å². The van der Waals surface area contributed by atoms with Crippen molar-refractivity contribution in [1.82, 2.24) is 0 Å². The summed E-state index contributed by atoms with van der Waals surface area (Å²) >= 11 is 0. The molecule has 7 heteroatoms. The predicted octanol–water partition coefficient (Wildman–Crippen LogP) is 0.719. The molecule has 0 aromatic rings. The Morgan fingerprint density at radius 1 is 0.917 bits per heavy atom. The molecular weight excluding hydrogens is 316 g/mol. The Balaban J connectivity index is 2.12. The van der Waals surface area contributed by atoms with Crippen LogP contribution in [0.3, 0.4) is 0 Å². The molecule has 1 rings (SSSR count). The Morgan fingerprint density at radius 2 is 1.50 bits per heavy atom. The fraction of sp³-hybridized carbons (Fsp3) is 0.882. The normalized spacial score (nSPS) is 30.3. The zero-order chi connectivity index (χ0) is 18.1. The van der Waals surface area contributed by atoms with Gasteiger partial charge in [-0.3, -0.25) is 9.59 Å². The molecular formula is C17H30O7. The molecule has 0 unspecified atom stereocenters. The van der Waals surface area contributed by atoms with Crippen molar-refractivity contribution in [2.24, 2.45) is 0 Å². The van der Waals surface area contributed by atoms with E-state index in [9.17, 15) is 24.9 Å². The van der Waals surface area contributed by atoms with Crippen molar-refractivity contribution in [3.8, 4) is 0 Å². The zero-order valence-electron chi connectivity index (χ0n) is 14.5. The lowest BCUT2D eigenvalue weighted by Gasteiger charge is -2.38. The Bertz CT molecular complexity index is 398. The van der Waals surface area contributed by atoms with Crippen molar-refractivity contribution in [3.05, 3.63) is 0 Å². The van der Waals surface area contributed by atoms with Crippen LogP contribution in [-0.2, 0) is 19.1 Å². The molecule has 140 valence electrons. The van der Waals surface area contributed by atoms with E-state index in [2.05, 4.69) is 0 Å². The third-order valence-electron chi connectivity index (χ3n) is 4.25. The molecule has 3 N–H and O–H groups in total. The van der Waals surface area contributed by atoms with E-state index >= 15 is 0 Å². The van der Waals surface area contributed by atoms with Gasteiger partial charge >= 0.3 is 0 Å². The van der Waals surface area contributed by atoms with Gasteiger partial charge in [0, 0.05) is 25.7 Å². The Morgan fingerprint density at radius 3 is 2.12 bits per heavy atom. The van der Waals surface area contributed by atoms with Gasteiger partial charge in [-0.1, -0.05) is 6.92 Å². The maximum atomic E-state index is 11.7. The number of aliphatic hydroxyl groups is 3. The molecule has 1 saturated heterocycles. The van der Waals surface area contributed by atoms with Crippen molar-refractivity contribution in [2.45, 2.75) is 89.5 Å². The summed E-state index contributed by atoms with van der Waals surface area (Å²) < 4.78 is 10.7. The lowest BCUT2D eigenvalue weighted by atomic mass is 10.00. The Kier molecular flexibility index (Phi) is 9.61. The number of carbonyl (C=O) groups is 2. The van der Waals surface area contributed by atoms with Gasteiger partial charge in [-0.05, 0) is 26.2 Å². The van der Waals surface area contributed by atoms with Crippen LogP contribution in [0.4, 0.5) is 0 Å². The van der Waals surface area contributed by atoms with Crippen LogP contribution in [0.15, 0.2) is 0 Å². The fourth-order valence-corrected chi connectivity index (χ4v) is 2.57. The van der Waals surface area contributed by atoms with Crippen LogP contribution in [0.2, 0.25) is 0 Å². The van der Waals surface area contributed by atoms with Crippen LogP contribution in [0.25, 0.3) is 0 Å². The second kappa shape index (κ2) is 10.9. The van der Waals surface area contributed by atoms with E-state index in [0.717, 1.165) is 12.8 Å². The average Bonchev–Trinajstić information content (AvgIpc) is 2.57. The van der Waals surface area contributed by atoms with Crippen molar-refractivity contribution >= 4 is 11.6 Å². The van der Waals surface area contributed by atoms with Gasteiger partial charge in [-0.25, -0.2) is 0 Å². The highest BCUT2D eigenvalue weighted by molar-refractivity contribution is 5.79. The summed E-state index contributed by atoms with van der Waals surface area (Å²) in [5.74, 6) is 0.347. The molecule has 24 heavy (non-hydrogen) atoms. The highest BCUT2D eigenvalue weighted by atomic mass is 16.7. The van der Waals surface area contributed by atoms with Crippen LogP contribution in [0.5, 0.6) is 0 Å². The number of Topliss-reactive ketones (excluding diaryl/α,β-unsaturated/α-hetero) is 2. The van der Waals surface area contributed by atoms with E-state index in [1.807, 2.05) is 6.92 Å². The second-order valence-corrected chi connectivity index (χ2v) is 6.29. The molecule has 1 aliphatic rings. The van der Waals surface area contributed by atoms with Gasteiger partial charge in [0.1, 0.15) is 29.9 Å². The van der Waals surface area contributed by atoms with Crippen molar-refractivity contribution in [2.75, 3.05) is 6.61 Å². The van der Waals surface area contributed by atoms with Gasteiger partial charge in [0.25, 0.3) is 0 Å². The van der Waals surface area contributed by atoms with Crippen molar-refractivity contribution in [3.63, 3.8) is 0 Å². The smallest absolute Gasteiger partial charge is 0.186 e. The number of aliphatic hydroxyl groups excluding tert-OH is 3. The molecule has 7 nitrogen and oxygen atoms in total. The summed E-state index contributed by atoms with van der Waals surface area (Å²) in [6.07, 6.45) is -1.56. The average molecular weight is 346 g/mol. The quantitative estimate of drug-likeness (QED) is 0.472. The second-order valence-electron chi connectivity index (χ2n) is 6.29. The molecule has 0 amide bonds. The number of carbonyl (C=O) groups excluding carboxylic acids is 2. The number of hydrogen-bond acceptors (Lipinski definition) is 7. The predicted molar refractivity (Wildman–Crippen MR) is 86.3 cm³/mol. The summed E-state index contributed by atoms with van der Waals surface area (Å²) in [5.41, 5.74) is 0. The van der Waals surface area contributed by atoms with E-state index < -0.39 is 30.7 Å². The lowest BCUT2D eigenvalue weighted by molar-refractivity contribution is -0.293. The number of hydrogen-bond donors (Lipinski definition) is 3. The summed E-state index contributed by atoms with van der Waals surface area (Å²) in [6.45, 7) is 3.64. The summed E-state index contributed by atoms with van der Waals surface area (Å²) in [7, 11) is 0. The maximum absolute atomic E-state index is 11.7.